The number of benzene rings is 2. The third-order valence-electron chi connectivity index (χ3n) is 4.14. The Balaban J connectivity index is 2.22. The van der Waals surface area contributed by atoms with Crippen LogP contribution in [-0.2, 0) is 19.9 Å². The van der Waals surface area contributed by atoms with Gasteiger partial charge < -0.3 is 5.84 Å². The molecule has 0 fully saturated rings. The van der Waals surface area contributed by atoms with Crippen LogP contribution >= 0.6 is 0 Å². The summed E-state index contributed by atoms with van der Waals surface area (Å²) < 4.78 is 2.95. The van der Waals surface area contributed by atoms with Crippen LogP contribution in [0.3, 0.4) is 0 Å². The van der Waals surface area contributed by atoms with E-state index in [9.17, 15) is 4.79 Å². The van der Waals surface area contributed by atoms with Gasteiger partial charge in [0.1, 0.15) is 0 Å². The van der Waals surface area contributed by atoms with E-state index < -0.39 is 0 Å². The Morgan fingerprint density at radius 2 is 1.68 bits per heavy atom. The third kappa shape index (κ3) is 2.30. The largest absolute Gasteiger partial charge is 0.347 e. The summed E-state index contributed by atoms with van der Waals surface area (Å²) in [7, 11) is 1.79. The predicted octanol–water partition coefficient (Wildman–Crippen LogP) is 2.60. The van der Waals surface area contributed by atoms with Gasteiger partial charge in [0.2, 0.25) is 0 Å². The van der Waals surface area contributed by atoms with Crippen molar-refractivity contribution in [2.24, 2.45) is 7.05 Å². The average Bonchev–Trinajstić information content (AvgIpc) is 2.76. The van der Waals surface area contributed by atoms with Crippen molar-refractivity contribution in [3.8, 4) is 0 Å². The van der Waals surface area contributed by atoms with Crippen LogP contribution < -0.4 is 11.5 Å². The molecular formula is C18H21N3O. The Kier molecular flexibility index (Phi) is 3.75. The normalized spacial score (nSPS) is 11.2. The van der Waals surface area contributed by atoms with Crippen molar-refractivity contribution in [1.29, 1.82) is 0 Å². The van der Waals surface area contributed by atoms with E-state index in [4.69, 9.17) is 5.84 Å². The molecule has 0 amide bonds. The molecule has 0 spiro atoms. The van der Waals surface area contributed by atoms with Gasteiger partial charge in [0.25, 0.3) is 0 Å². The van der Waals surface area contributed by atoms with Crippen LogP contribution in [0, 0.1) is 0 Å². The molecule has 3 rings (SSSR count). The number of nitrogen functional groups attached to an aromatic ring is 1. The number of imidazole rings is 1. The van der Waals surface area contributed by atoms with Crippen LogP contribution in [0.25, 0.3) is 11.0 Å². The lowest BCUT2D eigenvalue weighted by Crippen LogP contribution is -2.28. The van der Waals surface area contributed by atoms with Crippen LogP contribution in [0.4, 0.5) is 0 Å². The highest BCUT2D eigenvalue weighted by Crippen LogP contribution is 2.24. The van der Waals surface area contributed by atoms with Crippen molar-refractivity contribution in [2.75, 3.05) is 5.84 Å². The average molecular weight is 295 g/mol. The first kappa shape index (κ1) is 14.4. The highest BCUT2D eigenvalue weighted by molar-refractivity contribution is 5.83. The summed E-state index contributed by atoms with van der Waals surface area (Å²) in [5.41, 5.74) is 5.11. The molecule has 2 N–H and O–H groups in total. The summed E-state index contributed by atoms with van der Waals surface area (Å²) in [6.45, 7) is 2.14. The number of hydrogen-bond acceptors (Lipinski definition) is 2. The van der Waals surface area contributed by atoms with Crippen molar-refractivity contribution >= 4 is 11.0 Å². The first-order chi connectivity index (χ1) is 10.6. The number of aromatic nitrogens is 2. The van der Waals surface area contributed by atoms with Gasteiger partial charge in [-0.2, -0.15) is 0 Å². The molecule has 0 radical (unpaired) electrons. The zero-order chi connectivity index (χ0) is 15.7. The molecule has 0 aliphatic rings. The molecule has 3 aromatic rings. The SMILES string of the molecule is CCCc1ccc(Cc2ccccc2)c2c1n(C)c(=O)n2N. The Hall–Kier alpha value is -2.49. The van der Waals surface area contributed by atoms with Crippen LogP contribution in [0.2, 0.25) is 0 Å². The van der Waals surface area contributed by atoms with Crippen molar-refractivity contribution in [3.05, 3.63) is 69.6 Å². The fourth-order valence-electron chi connectivity index (χ4n) is 3.09. The van der Waals surface area contributed by atoms with Gasteiger partial charge in [-0.3, -0.25) is 4.57 Å². The monoisotopic (exact) mass is 295 g/mol. The lowest BCUT2D eigenvalue weighted by molar-refractivity contribution is 0.821. The molecule has 0 saturated heterocycles. The summed E-state index contributed by atoms with van der Waals surface area (Å²) >= 11 is 0. The molecule has 0 unspecified atom stereocenters. The number of aryl methyl sites for hydroxylation is 2. The standard InChI is InChI=1S/C18H21N3O/c1-3-7-14-10-11-15(12-13-8-5-4-6-9-13)17-16(14)20(2)18(22)21(17)19/h4-6,8-11H,3,7,12,19H2,1-2H3. The van der Waals surface area contributed by atoms with Gasteiger partial charge in [-0.25, -0.2) is 9.47 Å². The second kappa shape index (κ2) is 5.72. The second-order valence-electron chi connectivity index (χ2n) is 5.70. The van der Waals surface area contributed by atoms with Crippen LogP contribution in [0.1, 0.15) is 30.0 Å². The Morgan fingerprint density at radius 3 is 2.36 bits per heavy atom. The highest BCUT2D eigenvalue weighted by Gasteiger charge is 2.16. The predicted molar refractivity (Wildman–Crippen MR) is 90.6 cm³/mol. The number of rotatable bonds is 4. The first-order valence-corrected chi connectivity index (χ1v) is 7.64. The Morgan fingerprint density at radius 1 is 1.00 bits per heavy atom. The zero-order valence-electron chi connectivity index (χ0n) is 13.0. The third-order valence-corrected chi connectivity index (χ3v) is 4.14. The van der Waals surface area contributed by atoms with Crippen LogP contribution in [-0.4, -0.2) is 9.24 Å². The van der Waals surface area contributed by atoms with Gasteiger partial charge in [0.05, 0.1) is 11.0 Å². The maximum atomic E-state index is 12.3. The fourth-order valence-corrected chi connectivity index (χ4v) is 3.09. The molecule has 1 aromatic heterocycles. The molecule has 0 atom stereocenters. The van der Waals surface area contributed by atoms with Crippen molar-refractivity contribution in [3.63, 3.8) is 0 Å². The number of hydrogen-bond donors (Lipinski definition) is 1. The molecule has 2 aromatic carbocycles. The van der Waals surface area contributed by atoms with E-state index in [0.29, 0.717) is 0 Å². The van der Waals surface area contributed by atoms with Crippen molar-refractivity contribution < 1.29 is 0 Å². The summed E-state index contributed by atoms with van der Waals surface area (Å²) in [5.74, 6) is 6.04. The molecule has 4 heteroatoms. The molecule has 114 valence electrons. The van der Waals surface area contributed by atoms with Gasteiger partial charge >= 0.3 is 5.69 Å². The molecule has 0 saturated carbocycles. The van der Waals surface area contributed by atoms with E-state index in [0.717, 1.165) is 35.9 Å². The highest BCUT2D eigenvalue weighted by atomic mass is 16.2. The van der Waals surface area contributed by atoms with E-state index in [1.165, 1.54) is 15.8 Å². The molecular weight excluding hydrogens is 274 g/mol. The Labute approximate surface area is 129 Å². The van der Waals surface area contributed by atoms with E-state index >= 15 is 0 Å². The quantitative estimate of drug-likeness (QED) is 0.752. The fraction of sp³-hybridized carbons (Fsp3) is 0.278. The molecule has 0 aliphatic carbocycles. The minimum Gasteiger partial charge on any atom is -0.335 e. The zero-order valence-corrected chi connectivity index (χ0v) is 13.0. The first-order valence-electron chi connectivity index (χ1n) is 7.64. The summed E-state index contributed by atoms with van der Waals surface area (Å²) in [6.07, 6.45) is 2.75. The van der Waals surface area contributed by atoms with Crippen LogP contribution in [0.15, 0.2) is 47.3 Å². The molecule has 4 nitrogen and oxygen atoms in total. The second-order valence-corrected chi connectivity index (χ2v) is 5.70. The van der Waals surface area contributed by atoms with Gasteiger partial charge in [-0.05, 0) is 29.5 Å². The van der Waals surface area contributed by atoms with Gasteiger partial charge in [0, 0.05) is 7.05 Å². The van der Waals surface area contributed by atoms with Gasteiger partial charge in [-0.1, -0.05) is 55.8 Å². The van der Waals surface area contributed by atoms with Crippen LogP contribution in [0.5, 0.6) is 0 Å². The molecule has 22 heavy (non-hydrogen) atoms. The molecule has 0 bridgehead atoms. The molecule has 1 heterocycles. The summed E-state index contributed by atoms with van der Waals surface area (Å²) in [5, 5.41) is 0. The number of fused-ring (bicyclic) bond motifs is 1. The van der Waals surface area contributed by atoms with Crippen molar-refractivity contribution in [2.45, 2.75) is 26.2 Å². The van der Waals surface area contributed by atoms with Gasteiger partial charge in [-0.15, -0.1) is 0 Å². The molecule has 0 aliphatic heterocycles. The topological polar surface area (TPSA) is 53.0 Å². The van der Waals surface area contributed by atoms with E-state index in [-0.39, 0.29) is 5.69 Å². The van der Waals surface area contributed by atoms with E-state index in [2.05, 4.69) is 31.2 Å². The minimum absolute atomic E-state index is 0.173. The van der Waals surface area contributed by atoms with Gasteiger partial charge in [0.15, 0.2) is 0 Å². The smallest absolute Gasteiger partial charge is 0.335 e. The van der Waals surface area contributed by atoms with E-state index in [1.54, 1.807) is 11.6 Å². The maximum absolute atomic E-state index is 12.3. The maximum Gasteiger partial charge on any atom is 0.347 e. The van der Waals surface area contributed by atoms with Crippen molar-refractivity contribution in [1.82, 2.24) is 9.24 Å². The lowest BCUT2D eigenvalue weighted by atomic mass is 9.99. The lowest BCUT2D eigenvalue weighted by Gasteiger charge is -2.09. The summed E-state index contributed by atoms with van der Waals surface area (Å²) in [6, 6.07) is 14.5. The minimum atomic E-state index is -0.173. The van der Waals surface area contributed by atoms with E-state index in [1.807, 2.05) is 18.2 Å². The summed E-state index contributed by atoms with van der Waals surface area (Å²) in [4.78, 5) is 12.3. The number of nitrogens with zero attached hydrogens (tertiary/aromatic N) is 2. The number of nitrogens with two attached hydrogens (primary N) is 1. The Bertz CT molecular complexity index is 859.